The number of benzene rings is 1. The highest BCUT2D eigenvalue weighted by atomic mass is 32.2. The maximum Gasteiger partial charge on any atom is 0.237 e. The zero-order chi connectivity index (χ0) is 16.5. The van der Waals surface area contributed by atoms with Gasteiger partial charge >= 0.3 is 0 Å². The number of carbonyl (C=O) groups excluding carboxylic acids is 1. The zero-order valence-electron chi connectivity index (χ0n) is 13.9. The lowest BCUT2D eigenvalue weighted by Crippen LogP contribution is -2.37. The summed E-state index contributed by atoms with van der Waals surface area (Å²) in [5, 5.41) is 9.51. The molecular formula is C18H22N4OS. The SMILES string of the molecule is CC1Cc2ccccc2N1C(=O)CSc1nnc2n1CCCCC2. The number of hydrogen-bond acceptors (Lipinski definition) is 4. The quantitative estimate of drug-likeness (QED) is 0.805. The minimum atomic E-state index is 0.156. The smallest absolute Gasteiger partial charge is 0.237 e. The molecule has 1 unspecified atom stereocenters. The third-order valence-corrected chi connectivity index (χ3v) is 5.83. The molecule has 1 aromatic heterocycles. The van der Waals surface area contributed by atoms with Gasteiger partial charge in [0, 0.05) is 24.7 Å². The van der Waals surface area contributed by atoms with E-state index < -0.39 is 0 Å². The van der Waals surface area contributed by atoms with Gasteiger partial charge in [0.1, 0.15) is 5.82 Å². The number of para-hydroxylation sites is 1. The second-order valence-corrected chi connectivity index (χ2v) is 7.54. The molecule has 6 heteroatoms. The Bertz CT molecular complexity index is 757. The minimum absolute atomic E-state index is 0.156. The molecule has 2 aliphatic heterocycles. The number of nitrogens with zero attached hydrogens (tertiary/aromatic N) is 4. The van der Waals surface area contributed by atoms with Crippen LogP contribution in [0.25, 0.3) is 0 Å². The Morgan fingerprint density at radius 1 is 1.25 bits per heavy atom. The van der Waals surface area contributed by atoms with Crippen LogP contribution in [0.3, 0.4) is 0 Å². The molecule has 0 N–H and O–H groups in total. The van der Waals surface area contributed by atoms with Crippen molar-refractivity contribution >= 4 is 23.4 Å². The summed E-state index contributed by atoms with van der Waals surface area (Å²) in [6.45, 7) is 3.09. The van der Waals surface area contributed by atoms with Crippen LogP contribution in [0.1, 0.15) is 37.6 Å². The fourth-order valence-corrected chi connectivity index (χ4v) is 4.55. The Morgan fingerprint density at radius 3 is 3.04 bits per heavy atom. The molecule has 0 bridgehead atoms. The monoisotopic (exact) mass is 342 g/mol. The highest BCUT2D eigenvalue weighted by Crippen LogP contribution is 2.33. The summed E-state index contributed by atoms with van der Waals surface area (Å²) in [5.74, 6) is 1.64. The number of hydrogen-bond donors (Lipinski definition) is 0. The summed E-state index contributed by atoms with van der Waals surface area (Å²) in [6, 6.07) is 8.43. The average molecular weight is 342 g/mol. The van der Waals surface area contributed by atoms with E-state index in [1.807, 2.05) is 23.1 Å². The van der Waals surface area contributed by atoms with E-state index in [0.717, 1.165) is 36.1 Å². The zero-order valence-corrected chi connectivity index (χ0v) is 14.8. The van der Waals surface area contributed by atoms with E-state index >= 15 is 0 Å². The molecule has 0 spiro atoms. The second kappa shape index (κ2) is 6.59. The maximum atomic E-state index is 12.8. The van der Waals surface area contributed by atoms with Gasteiger partial charge in [-0.3, -0.25) is 4.79 Å². The second-order valence-electron chi connectivity index (χ2n) is 6.60. The molecule has 0 saturated heterocycles. The lowest BCUT2D eigenvalue weighted by Gasteiger charge is -2.22. The van der Waals surface area contributed by atoms with Crippen LogP contribution in [0.15, 0.2) is 29.4 Å². The first-order valence-electron chi connectivity index (χ1n) is 8.69. The highest BCUT2D eigenvalue weighted by molar-refractivity contribution is 7.99. The Balaban J connectivity index is 1.47. The summed E-state index contributed by atoms with van der Waals surface area (Å²) >= 11 is 1.52. The van der Waals surface area contributed by atoms with Crippen molar-refractivity contribution in [1.29, 1.82) is 0 Å². The molecule has 1 amide bonds. The summed E-state index contributed by atoms with van der Waals surface area (Å²) < 4.78 is 2.20. The molecule has 2 aliphatic rings. The van der Waals surface area contributed by atoms with E-state index in [-0.39, 0.29) is 11.9 Å². The van der Waals surface area contributed by atoms with Crippen LogP contribution in [0.5, 0.6) is 0 Å². The summed E-state index contributed by atoms with van der Waals surface area (Å²) in [6.07, 6.45) is 5.53. The van der Waals surface area contributed by atoms with Crippen LogP contribution < -0.4 is 4.90 Å². The molecule has 0 saturated carbocycles. The molecule has 1 aromatic carbocycles. The van der Waals surface area contributed by atoms with Crippen LogP contribution in [-0.2, 0) is 24.2 Å². The van der Waals surface area contributed by atoms with Crippen LogP contribution in [0.4, 0.5) is 5.69 Å². The Morgan fingerprint density at radius 2 is 2.12 bits per heavy atom. The molecule has 0 aliphatic carbocycles. The van der Waals surface area contributed by atoms with E-state index in [2.05, 4.69) is 27.8 Å². The van der Waals surface area contributed by atoms with Crippen molar-refractivity contribution in [2.24, 2.45) is 0 Å². The molecule has 3 heterocycles. The summed E-state index contributed by atoms with van der Waals surface area (Å²) in [4.78, 5) is 14.7. The van der Waals surface area contributed by atoms with E-state index in [9.17, 15) is 4.79 Å². The number of anilines is 1. The van der Waals surface area contributed by atoms with Crippen LogP contribution in [-0.4, -0.2) is 32.5 Å². The first kappa shape index (κ1) is 15.7. The molecule has 5 nitrogen and oxygen atoms in total. The van der Waals surface area contributed by atoms with Crippen LogP contribution in [0, 0.1) is 0 Å². The molecule has 1 atom stereocenters. The van der Waals surface area contributed by atoms with Gasteiger partial charge in [0.05, 0.1) is 5.75 Å². The molecule has 126 valence electrons. The number of amides is 1. The third kappa shape index (κ3) is 2.83. The molecular weight excluding hydrogens is 320 g/mol. The average Bonchev–Trinajstić information content (AvgIpc) is 3.03. The molecule has 4 rings (SSSR count). The van der Waals surface area contributed by atoms with Crippen LogP contribution >= 0.6 is 11.8 Å². The van der Waals surface area contributed by atoms with Crippen molar-refractivity contribution in [3.63, 3.8) is 0 Å². The first-order valence-corrected chi connectivity index (χ1v) is 9.67. The summed E-state index contributed by atoms with van der Waals surface area (Å²) in [5.41, 5.74) is 2.33. The maximum absolute atomic E-state index is 12.8. The number of aromatic nitrogens is 3. The van der Waals surface area contributed by atoms with Gasteiger partial charge in [-0.05, 0) is 37.8 Å². The molecule has 24 heavy (non-hydrogen) atoms. The van der Waals surface area contributed by atoms with Crippen molar-refractivity contribution in [1.82, 2.24) is 14.8 Å². The molecule has 0 fully saturated rings. The number of carbonyl (C=O) groups is 1. The van der Waals surface area contributed by atoms with Gasteiger partial charge in [0.15, 0.2) is 5.16 Å². The third-order valence-electron chi connectivity index (χ3n) is 4.88. The Kier molecular flexibility index (Phi) is 4.31. The fraction of sp³-hybridized carbons (Fsp3) is 0.500. The van der Waals surface area contributed by atoms with Gasteiger partial charge in [-0.25, -0.2) is 0 Å². The minimum Gasteiger partial charge on any atom is -0.308 e. The van der Waals surface area contributed by atoms with E-state index in [1.165, 1.54) is 36.6 Å². The lowest BCUT2D eigenvalue weighted by atomic mass is 10.1. The van der Waals surface area contributed by atoms with Gasteiger partial charge in [-0.1, -0.05) is 36.4 Å². The van der Waals surface area contributed by atoms with Crippen molar-refractivity contribution in [2.75, 3.05) is 10.7 Å². The highest BCUT2D eigenvalue weighted by Gasteiger charge is 2.30. The van der Waals surface area contributed by atoms with Gasteiger partial charge in [0.2, 0.25) is 5.91 Å². The van der Waals surface area contributed by atoms with Crippen molar-refractivity contribution < 1.29 is 4.79 Å². The topological polar surface area (TPSA) is 51.0 Å². The standard InChI is InChI=1S/C18H22N4OS/c1-13-11-14-7-4-5-8-15(14)22(13)17(23)12-24-18-20-19-16-9-3-2-6-10-21(16)18/h4-5,7-8,13H,2-3,6,9-12H2,1H3. The molecule has 0 radical (unpaired) electrons. The number of thioether (sulfide) groups is 1. The van der Waals surface area contributed by atoms with Crippen molar-refractivity contribution in [3.05, 3.63) is 35.7 Å². The number of rotatable bonds is 3. The van der Waals surface area contributed by atoms with Gasteiger partial charge < -0.3 is 9.47 Å². The number of aryl methyl sites for hydroxylation is 1. The number of fused-ring (bicyclic) bond motifs is 2. The summed E-state index contributed by atoms with van der Waals surface area (Å²) in [7, 11) is 0. The predicted octanol–water partition coefficient (Wildman–Crippen LogP) is 3.07. The van der Waals surface area contributed by atoms with E-state index in [4.69, 9.17) is 0 Å². The molecule has 2 aromatic rings. The van der Waals surface area contributed by atoms with Gasteiger partial charge in [0.25, 0.3) is 0 Å². The Hall–Kier alpha value is -1.82. The first-order chi connectivity index (χ1) is 11.7. The largest absolute Gasteiger partial charge is 0.308 e. The van der Waals surface area contributed by atoms with Gasteiger partial charge in [-0.15, -0.1) is 10.2 Å². The lowest BCUT2D eigenvalue weighted by molar-refractivity contribution is -0.116. The normalized spacial score (nSPS) is 19.7. The van der Waals surface area contributed by atoms with Crippen LogP contribution in [0.2, 0.25) is 0 Å². The van der Waals surface area contributed by atoms with E-state index in [0.29, 0.717) is 5.75 Å². The fourth-order valence-electron chi connectivity index (χ4n) is 3.71. The predicted molar refractivity (Wildman–Crippen MR) is 95.4 cm³/mol. The Labute approximate surface area is 146 Å². The van der Waals surface area contributed by atoms with Crippen molar-refractivity contribution in [3.8, 4) is 0 Å². The van der Waals surface area contributed by atoms with E-state index in [1.54, 1.807) is 0 Å². The van der Waals surface area contributed by atoms with Gasteiger partial charge in [-0.2, -0.15) is 0 Å². The van der Waals surface area contributed by atoms with Crippen molar-refractivity contribution in [2.45, 2.75) is 56.8 Å².